The van der Waals surface area contributed by atoms with Crippen molar-refractivity contribution in [2.45, 2.75) is 48.1 Å². The number of ether oxygens (including phenoxy) is 1. The highest BCUT2D eigenvalue weighted by Gasteiger charge is 2.37. The van der Waals surface area contributed by atoms with Gasteiger partial charge in [-0.1, -0.05) is 12.1 Å². The van der Waals surface area contributed by atoms with Gasteiger partial charge in [0.2, 0.25) is 9.84 Å². The molecule has 2 aromatic carbocycles. The smallest absolute Gasteiger partial charge is 0.206 e. The lowest BCUT2D eigenvalue weighted by Crippen LogP contribution is -2.32. The number of sulfone groups is 1. The van der Waals surface area contributed by atoms with Crippen molar-refractivity contribution in [1.82, 2.24) is 9.88 Å². The topological polar surface area (TPSA) is 60.3 Å². The van der Waals surface area contributed by atoms with E-state index >= 15 is 0 Å². The van der Waals surface area contributed by atoms with E-state index in [0.29, 0.717) is 22.7 Å². The lowest BCUT2D eigenvalue weighted by molar-refractivity contribution is 0.416. The molecule has 0 spiro atoms. The van der Waals surface area contributed by atoms with E-state index in [0.717, 1.165) is 29.3 Å². The second-order valence-electron chi connectivity index (χ2n) is 7.96. The molecule has 2 unspecified atom stereocenters. The molecule has 6 heteroatoms. The molecule has 0 saturated carbocycles. The number of aromatic nitrogens is 1. The Morgan fingerprint density at radius 2 is 1.96 bits per heavy atom. The Kier molecular flexibility index (Phi) is 3.87. The summed E-state index contributed by atoms with van der Waals surface area (Å²) in [5, 5.41) is 4.67. The molecule has 2 atom stereocenters. The molecule has 2 aliphatic rings. The van der Waals surface area contributed by atoms with Crippen LogP contribution in [0.15, 0.2) is 46.2 Å². The van der Waals surface area contributed by atoms with Crippen LogP contribution in [0.5, 0.6) is 5.75 Å². The van der Waals surface area contributed by atoms with E-state index in [1.54, 1.807) is 31.4 Å². The van der Waals surface area contributed by atoms with E-state index in [2.05, 4.69) is 16.9 Å². The third-order valence-electron chi connectivity index (χ3n) is 6.25. The average molecular weight is 397 g/mol. The Balaban J connectivity index is 1.78. The van der Waals surface area contributed by atoms with E-state index in [-0.39, 0.29) is 4.90 Å². The highest BCUT2D eigenvalue weighted by Crippen LogP contribution is 2.44. The first-order valence-corrected chi connectivity index (χ1v) is 11.2. The van der Waals surface area contributed by atoms with Crippen LogP contribution in [-0.4, -0.2) is 26.1 Å². The highest BCUT2D eigenvalue weighted by atomic mass is 32.2. The third-order valence-corrected chi connectivity index (χ3v) is 7.98. The van der Waals surface area contributed by atoms with E-state index in [1.165, 1.54) is 17.7 Å². The van der Waals surface area contributed by atoms with Crippen LogP contribution in [0.2, 0.25) is 0 Å². The molecule has 0 radical (unpaired) electrons. The van der Waals surface area contributed by atoms with Gasteiger partial charge in [-0.25, -0.2) is 8.42 Å². The number of aryl methyl sites for hydroxylation is 2. The second kappa shape index (κ2) is 6.09. The number of hydrogen-bond donors (Lipinski definition) is 1. The summed E-state index contributed by atoms with van der Waals surface area (Å²) in [5.41, 5.74) is 4.44. The van der Waals surface area contributed by atoms with Crippen molar-refractivity contribution in [1.29, 1.82) is 0 Å². The molecule has 2 aliphatic heterocycles. The van der Waals surface area contributed by atoms with Gasteiger partial charge in [0.05, 0.1) is 22.4 Å². The van der Waals surface area contributed by atoms with Gasteiger partial charge in [-0.3, -0.25) is 0 Å². The van der Waals surface area contributed by atoms with Crippen LogP contribution >= 0.6 is 0 Å². The summed E-state index contributed by atoms with van der Waals surface area (Å²) in [7, 11) is 0.0378. The molecule has 2 bridgehead atoms. The van der Waals surface area contributed by atoms with E-state index in [4.69, 9.17) is 4.74 Å². The summed E-state index contributed by atoms with van der Waals surface area (Å²) in [6.07, 6.45) is 3.23. The van der Waals surface area contributed by atoms with Crippen LogP contribution in [0.4, 0.5) is 0 Å². The number of fused-ring (bicyclic) bond motifs is 6. The quantitative estimate of drug-likeness (QED) is 0.734. The molecule has 146 valence electrons. The third kappa shape index (κ3) is 2.44. The molecule has 5 rings (SSSR count). The van der Waals surface area contributed by atoms with Crippen molar-refractivity contribution in [3.8, 4) is 5.75 Å². The van der Waals surface area contributed by atoms with Gasteiger partial charge in [-0.2, -0.15) is 0 Å². The van der Waals surface area contributed by atoms with Crippen LogP contribution < -0.4 is 10.1 Å². The molecule has 1 aromatic heterocycles. The summed E-state index contributed by atoms with van der Waals surface area (Å²) < 4.78 is 34.6. The van der Waals surface area contributed by atoms with Crippen molar-refractivity contribution in [3.63, 3.8) is 0 Å². The predicted octanol–water partition coefficient (Wildman–Crippen LogP) is 3.68. The zero-order valence-corrected chi connectivity index (χ0v) is 17.1. The minimum absolute atomic E-state index is 0.288. The highest BCUT2D eigenvalue weighted by molar-refractivity contribution is 7.91. The summed E-state index contributed by atoms with van der Waals surface area (Å²) >= 11 is 0. The number of nitrogens with zero attached hydrogens (tertiary/aromatic N) is 1. The molecule has 0 aliphatic carbocycles. The molecule has 1 N–H and O–H groups in total. The fourth-order valence-electron chi connectivity index (χ4n) is 4.91. The van der Waals surface area contributed by atoms with Crippen LogP contribution in [0, 0.1) is 6.92 Å². The van der Waals surface area contributed by atoms with Crippen LogP contribution in [0.1, 0.15) is 35.7 Å². The first-order chi connectivity index (χ1) is 13.4. The van der Waals surface area contributed by atoms with Gasteiger partial charge < -0.3 is 14.6 Å². The van der Waals surface area contributed by atoms with E-state index in [1.807, 2.05) is 19.1 Å². The fraction of sp³-hybridized carbons (Fsp3) is 0.364. The molecule has 3 heterocycles. The fourth-order valence-corrected chi connectivity index (χ4v) is 6.32. The Hall–Kier alpha value is -2.31. The van der Waals surface area contributed by atoms with E-state index < -0.39 is 9.84 Å². The van der Waals surface area contributed by atoms with Gasteiger partial charge >= 0.3 is 0 Å². The van der Waals surface area contributed by atoms with Gasteiger partial charge in [-0.15, -0.1) is 0 Å². The summed E-state index contributed by atoms with van der Waals surface area (Å²) in [4.78, 5) is 0.605. The summed E-state index contributed by atoms with van der Waals surface area (Å²) in [6, 6.07) is 11.4. The molecule has 28 heavy (non-hydrogen) atoms. The zero-order valence-electron chi connectivity index (χ0n) is 16.3. The van der Waals surface area contributed by atoms with Crippen molar-refractivity contribution >= 4 is 20.7 Å². The lowest BCUT2D eigenvalue weighted by atomic mass is 9.99. The first kappa shape index (κ1) is 17.8. The Morgan fingerprint density at radius 1 is 1.14 bits per heavy atom. The van der Waals surface area contributed by atoms with Gasteiger partial charge in [0, 0.05) is 42.7 Å². The van der Waals surface area contributed by atoms with Gasteiger partial charge in [0.15, 0.2) is 0 Å². The standard InChI is InChI=1S/C22H24N2O3S/c1-13-5-4-6-15(9-13)28(25,26)16-11-17-21-18-8-7-14(23-18)10-19(21)24(2)22(17)20(12-16)27-3/h4-6,9,11-12,14,18,23H,7-8,10H2,1-3H3. The summed E-state index contributed by atoms with van der Waals surface area (Å²) in [5.74, 6) is 0.608. The number of nitrogens with one attached hydrogen (secondary N) is 1. The summed E-state index contributed by atoms with van der Waals surface area (Å²) in [6.45, 7) is 1.90. The maximum Gasteiger partial charge on any atom is 0.206 e. The molecule has 1 saturated heterocycles. The predicted molar refractivity (Wildman–Crippen MR) is 109 cm³/mol. The monoisotopic (exact) mass is 396 g/mol. The molecular weight excluding hydrogens is 372 g/mol. The normalized spacial score (nSPS) is 21.1. The number of hydrogen-bond acceptors (Lipinski definition) is 4. The zero-order chi connectivity index (χ0) is 19.6. The largest absolute Gasteiger partial charge is 0.495 e. The molecule has 1 fully saturated rings. The van der Waals surface area contributed by atoms with Crippen molar-refractivity contribution in [3.05, 3.63) is 53.2 Å². The second-order valence-corrected chi connectivity index (χ2v) is 9.91. The Morgan fingerprint density at radius 3 is 2.71 bits per heavy atom. The maximum atomic E-state index is 13.4. The van der Waals surface area contributed by atoms with Gasteiger partial charge in [0.25, 0.3) is 0 Å². The molecular formula is C22H24N2O3S. The minimum Gasteiger partial charge on any atom is -0.495 e. The maximum absolute atomic E-state index is 13.4. The van der Waals surface area contributed by atoms with Gasteiger partial charge in [-0.05, 0) is 49.1 Å². The van der Waals surface area contributed by atoms with Crippen molar-refractivity contribution in [2.24, 2.45) is 7.05 Å². The number of benzene rings is 2. The van der Waals surface area contributed by atoms with Crippen LogP contribution in [0.3, 0.4) is 0 Å². The average Bonchev–Trinajstić information content (AvgIpc) is 3.20. The first-order valence-electron chi connectivity index (χ1n) is 9.67. The van der Waals surface area contributed by atoms with E-state index in [9.17, 15) is 8.42 Å². The van der Waals surface area contributed by atoms with Crippen LogP contribution in [-0.2, 0) is 23.3 Å². The molecule has 0 amide bonds. The SMILES string of the molecule is COc1cc(S(=O)(=O)c2cccc(C)c2)cc2c3c(n(C)c12)CC1CCC3N1. The van der Waals surface area contributed by atoms with Gasteiger partial charge in [0.1, 0.15) is 5.75 Å². The number of rotatable bonds is 3. The lowest BCUT2D eigenvalue weighted by Gasteiger charge is -2.23. The molecule has 3 aromatic rings. The Labute approximate surface area is 165 Å². The van der Waals surface area contributed by atoms with Crippen molar-refractivity contribution in [2.75, 3.05) is 7.11 Å². The van der Waals surface area contributed by atoms with Crippen LogP contribution in [0.25, 0.3) is 10.9 Å². The van der Waals surface area contributed by atoms with Crippen molar-refractivity contribution < 1.29 is 13.2 Å². The minimum atomic E-state index is -3.63. The number of methoxy groups -OCH3 is 1. The Bertz CT molecular complexity index is 1210. The molecule has 5 nitrogen and oxygen atoms in total.